The molecule has 9 nitrogen and oxygen atoms in total. The zero-order chi connectivity index (χ0) is 28.9. The third kappa shape index (κ3) is 7.84. The summed E-state index contributed by atoms with van der Waals surface area (Å²) in [4.78, 5) is 21.3. The summed E-state index contributed by atoms with van der Waals surface area (Å²) >= 11 is 12.2. The fraction of sp³-hybridized carbons (Fsp3) is 0.179. The van der Waals surface area contributed by atoms with E-state index in [1.165, 1.54) is 12.3 Å². The number of benzene rings is 2. The summed E-state index contributed by atoms with van der Waals surface area (Å²) in [6, 6.07) is 17.8. The normalized spacial score (nSPS) is 12.2. The molecule has 2 N–H and O–H groups in total. The van der Waals surface area contributed by atoms with Gasteiger partial charge < -0.3 is 9.15 Å². The fourth-order valence-electron chi connectivity index (χ4n) is 3.54. The molecule has 1 amide bonds. The number of rotatable bonds is 6. The maximum absolute atomic E-state index is 12.8. The number of carbonyl (C=O) groups is 1. The Bertz CT molecular complexity index is 1610. The number of nitrogens with one attached hydrogen (secondary N) is 2. The Kier molecular flexibility index (Phi) is 8.82. The Morgan fingerprint density at radius 3 is 2.20 bits per heavy atom. The number of aliphatic imine (C=N–C) groups is 1. The third-order valence-corrected chi connectivity index (χ3v) is 7.11. The summed E-state index contributed by atoms with van der Waals surface area (Å²) in [5, 5.41) is 3.57. The number of hydrogen-bond donors (Lipinski definition) is 2. The molecular weight excluding hydrogens is 575 g/mol. The van der Waals surface area contributed by atoms with E-state index in [0.29, 0.717) is 21.3 Å². The minimum atomic E-state index is -4.10. The average molecular weight is 602 g/mol. The van der Waals surface area contributed by atoms with Crippen LogP contribution in [0.2, 0.25) is 10.0 Å². The topological polar surface area (TPSA) is 123 Å². The molecule has 0 fully saturated rings. The van der Waals surface area contributed by atoms with Crippen molar-refractivity contribution < 1.29 is 22.4 Å². The summed E-state index contributed by atoms with van der Waals surface area (Å²) in [6.45, 7) is 5.04. The number of alkyl carbamates (subject to hydrolysis) is 1. The molecule has 0 radical (unpaired) electrons. The van der Waals surface area contributed by atoms with Crippen LogP contribution in [-0.4, -0.2) is 31.1 Å². The number of pyridine rings is 1. The Labute approximate surface area is 242 Å². The molecule has 0 aliphatic carbocycles. The minimum absolute atomic E-state index is 0.0203. The summed E-state index contributed by atoms with van der Waals surface area (Å²) in [6.07, 6.45) is 3.03. The number of sulfonamides is 1. The van der Waals surface area contributed by atoms with Crippen molar-refractivity contribution in [1.29, 1.82) is 0 Å². The molecule has 4 aromatic rings. The molecule has 40 heavy (non-hydrogen) atoms. The van der Waals surface area contributed by atoms with Gasteiger partial charge in [0.1, 0.15) is 16.8 Å². The summed E-state index contributed by atoms with van der Waals surface area (Å²) in [5.74, 6) is -0.328. The van der Waals surface area contributed by atoms with Crippen molar-refractivity contribution in [1.82, 2.24) is 15.0 Å². The Hall–Kier alpha value is -3.86. The lowest BCUT2D eigenvalue weighted by atomic mass is 9.98. The van der Waals surface area contributed by atoms with Crippen LogP contribution in [0.5, 0.6) is 0 Å². The maximum Gasteiger partial charge on any atom is 0.414 e. The second-order valence-corrected chi connectivity index (χ2v) is 12.2. The predicted octanol–water partition coefficient (Wildman–Crippen LogP) is 6.67. The zero-order valence-corrected chi connectivity index (χ0v) is 24.1. The van der Waals surface area contributed by atoms with E-state index in [4.69, 9.17) is 32.4 Å². The van der Waals surface area contributed by atoms with Crippen LogP contribution in [0.25, 0.3) is 22.4 Å². The van der Waals surface area contributed by atoms with Gasteiger partial charge in [-0.3, -0.25) is 10.3 Å². The number of guanidine groups is 1. The van der Waals surface area contributed by atoms with Gasteiger partial charge in [0.15, 0.2) is 0 Å². The first-order valence-corrected chi connectivity index (χ1v) is 14.2. The molecule has 12 heteroatoms. The molecule has 0 spiro atoms. The van der Waals surface area contributed by atoms with Gasteiger partial charge in [-0.15, -0.1) is 0 Å². The minimum Gasteiger partial charge on any atom is -0.471 e. The summed E-state index contributed by atoms with van der Waals surface area (Å²) < 4.78 is 38.0. The van der Waals surface area contributed by atoms with Crippen LogP contribution in [0.15, 0.2) is 93.7 Å². The smallest absolute Gasteiger partial charge is 0.414 e. The summed E-state index contributed by atoms with van der Waals surface area (Å²) in [7, 11) is -4.10. The maximum atomic E-state index is 12.8. The molecule has 0 saturated heterocycles. The lowest BCUT2D eigenvalue weighted by Gasteiger charge is -2.20. The van der Waals surface area contributed by atoms with Crippen LogP contribution in [0, 0.1) is 0 Å². The van der Waals surface area contributed by atoms with Gasteiger partial charge in [0.2, 0.25) is 5.96 Å². The van der Waals surface area contributed by atoms with Gasteiger partial charge in [0.05, 0.1) is 18.5 Å². The van der Waals surface area contributed by atoms with E-state index in [9.17, 15) is 13.2 Å². The van der Waals surface area contributed by atoms with Crippen LogP contribution in [0.4, 0.5) is 4.79 Å². The van der Waals surface area contributed by atoms with Crippen molar-refractivity contribution in [2.24, 2.45) is 4.99 Å². The van der Waals surface area contributed by atoms with E-state index in [2.05, 4.69) is 20.0 Å². The zero-order valence-electron chi connectivity index (χ0n) is 21.8. The SMILES string of the molecule is CC(C)(C)OC(=O)NC(=NCc1cnc(-c2ccc(Cl)cc2)c(-c2ccc(Cl)cc2)c1)NS(=O)(=O)c1ccoc1. The number of amides is 1. The lowest BCUT2D eigenvalue weighted by molar-refractivity contribution is 0.0562. The van der Waals surface area contributed by atoms with Crippen molar-refractivity contribution in [3.8, 4) is 22.4 Å². The van der Waals surface area contributed by atoms with Crippen LogP contribution in [-0.2, 0) is 21.3 Å². The standard InChI is InChI=1S/C28H26Cl2N4O5S/c1-28(2,3)39-27(35)33-26(34-40(36,37)23-12-13-38-17-23)32-16-18-14-24(19-4-8-21(29)9-5-19)25(31-15-18)20-6-10-22(30)11-7-20/h4-15,17H,16H2,1-3H3,(H2,32,33,34,35). The van der Waals surface area contributed by atoms with Gasteiger partial charge in [-0.1, -0.05) is 47.5 Å². The molecule has 2 aromatic heterocycles. The fourth-order valence-corrected chi connectivity index (χ4v) is 4.70. The molecule has 0 saturated carbocycles. The highest BCUT2D eigenvalue weighted by molar-refractivity contribution is 7.90. The van der Waals surface area contributed by atoms with E-state index in [-0.39, 0.29) is 17.4 Å². The number of aromatic nitrogens is 1. The number of furan rings is 1. The number of carbonyl (C=O) groups excluding carboxylic acids is 1. The average Bonchev–Trinajstić information content (AvgIpc) is 3.43. The van der Waals surface area contributed by atoms with Crippen molar-refractivity contribution in [2.75, 3.05) is 0 Å². The Morgan fingerprint density at radius 1 is 1.00 bits per heavy atom. The van der Waals surface area contributed by atoms with Crippen LogP contribution in [0.1, 0.15) is 26.3 Å². The van der Waals surface area contributed by atoms with Crippen molar-refractivity contribution in [2.45, 2.75) is 37.8 Å². The Morgan fingerprint density at radius 2 is 1.62 bits per heavy atom. The Balaban J connectivity index is 1.69. The number of halogens is 2. The van der Waals surface area contributed by atoms with Gasteiger partial charge in [0, 0.05) is 27.4 Å². The van der Waals surface area contributed by atoms with Gasteiger partial charge in [0.25, 0.3) is 10.0 Å². The first-order chi connectivity index (χ1) is 18.9. The molecule has 208 valence electrons. The third-order valence-electron chi connectivity index (χ3n) is 5.29. The number of ether oxygens (including phenoxy) is 1. The van der Waals surface area contributed by atoms with E-state index in [0.717, 1.165) is 23.0 Å². The van der Waals surface area contributed by atoms with Crippen molar-refractivity contribution in [3.05, 3.63) is 95.0 Å². The molecule has 0 bridgehead atoms. The predicted molar refractivity (Wildman–Crippen MR) is 155 cm³/mol. The quantitative estimate of drug-likeness (QED) is 0.188. The molecular formula is C28H26Cl2N4O5S. The number of nitrogens with zero attached hydrogens (tertiary/aromatic N) is 2. The molecule has 4 rings (SSSR count). The monoisotopic (exact) mass is 600 g/mol. The van der Waals surface area contributed by atoms with Crippen LogP contribution < -0.4 is 10.0 Å². The van der Waals surface area contributed by atoms with Gasteiger partial charge >= 0.3 is 6.09 Å². The first kappa shape index (κ1) is 29.1. The molecule has 0 aliphatic heterocycles. The highest BCUT2D eigenvalue weighted by Crippen LogP contribution is 2.32. The number of hydrogen-bond acceptors (Lipinski definition) is 7. The molecule has 2 aromatic carbocycles. The molecule has 0 aliphatic rings. The highest BCUT2D eigenvalue weighted by Gasteiger charge is 2.22. The van der Waals surface area contributed by atoms with Gasteiger partial charge in [-0.2, -0.15) is 0 Å². The van der Waals surface area contributed by atoms with E-state index >= 15 is 0 Å². The van der Waals surface area contributed by atoms with E-state index in [1.54, 1.807) is 51.2 Å². The molecule has 0 unspecified atom stereocenters. The van der Waals surface area contributed by atoms with Gasteiger partial charge in [-0.05, 0) is 68.3 Å². The van der Waals surface area contributed by atoms with Gasteiger partial charge in [-0.25, -0.2) is 22.9 Å². The second-order valence-electron chi connectivity index (χ2n) is 9.61. The lowest BCUT2D eigenvalue weighted by Crippen LogP contribution is -2.45. The molecule has 2 heterocycles. The van der Waals surface area contributed by atoms with E-state index in [1.807, 2.05) is 30.3 Å². The highest BCUT2D eigenvalue weighted by atomic mass is 35.5. The second kappa shape index (κ2) is 12.1. The molecule has 0 atom stereocenters. The first-order valence-electron chi connectivity index (χ1n) is 12.0. The van der Waals surface area contributed by atoms with Crippen LogP contribution >= 0.6 is 23.2 Å². The summed E-state index contributed by atoms with van der Waals surface area (Å²) in [5.41, 5.74) is 3.05. The van der Waals surface area contributed by atoms with E-state index < -0.39 is 21.7 Å². The van der Waals surface area contributed by atoms with Crippen molar-refractivity contribution in [3.63, 3.8) is 0 Å². The van der Waals surface area contributed by atoms with Crippen molar-refractivity contribution >= 4 is 45.3 Å². The largest absolute Gasteiger partial charge is 0.471 e. The van der Waals surface area contributed by atoms with Crippen LogP contribution in [0.3, 0.4) is 0 Å².